The van der Waals surface area contributed by atoms with Crippen molar-refractivity contribution >= 4 is 10.8 Å². The Morgan fingerprint density at radius 2 is 1.57 bits per heavy atom. The Morgan fingerprint density at radius 1 is 0.810 bits per heavy atom. The van der Waals surface area contributed by atoms with Gasteiger partial charge in [0.25, 0.3) is 0 Å². The van der Waals surface area contributed by atoms with E-state index in [1.165, 1.54) is 28.3 Å². The zero-order chi connectivity index (χ0) is 14.2. The summed E-state index contributed by atoms with van der Waals surface area (Å²) in [4.78, 5) is 0. The van der Waals surface area contributed by atoms with Crippen LogP contribution in [0.4, 0.5) is 0 Å². The zero-order valence-corrected chi connectivity index (χ0v) is 12.1. The molecule has 1 fully saturated rings. The monoisotopic (exact) mass is 274 g/mol. The molecule has 104 valence electrons. The van der Waals surface area contributed by atoms with Crippen molar-refractivity contribution in [2.24, 2.45) is 0 Å². The number of fused-ring (bicyclic) bond motifs is 1. The molecule has 0 heterocycles. The van der Waals surface area contributed by atoms with E-state index in [0.29, 0.717) is 11.8 Å². The van der Waals surface area contributed by atoms with Gasteiger partial charge < -0.3 is 4.74 Å². The fourth-order valence-corrected chi connectivity index (χ4v) is 3.32. The maximum atomic E-state index is 5.50. The molecule has 0 aliphatic heterocycles. The van der Waals surface area contributed by atoms with Crippen LogP contribution in [0.3, 0.4) is 0 Å². The second-order valence-electron chi connectivity index (χ2n) is 5.80. The first kappa shape index (κ1) is 12.5. The molecule has 1 aliphatic carbocycles. The molecule has 1 heteroatoms. The van der Waals surface area contributed by atoms with Crippen LogP contribution in [-0.2, 0) is 0 Å². The van der Waals surface area contributed by atoms with Crippen LogP contribution in [-0.4, -0.2) is 7.11 Å². The minimum absolute atomic E-state index is 0.599. The molecular formula is C20H18O. The Hall–Kier alpha value is -2.28. The predicted octanol–water partition coefficient (Wildman–Crippen LogP) is 5.12. The maximum Gasteiger partial charge on any atom is 0.122 e. The van der Waals surface area contributed by atoms with E-state index in [1.54, 1.807) is 7.11 Å². The average molecular weight is 274 g/mol. The Labute approximate surface area is 125 Å². The Kier molecular flexibility index (Phi) is 2.92. The molecule has 3 aromatic carbocycles. The molecule has 21 heavy (non-hydrogen) atoms. The highest BCUT2D eigenvalue weighted by Crippen LogP contribution is 2.56. The summed E-state index contributed by atoms with van der Waals surface area (Å²) in [6.07, 6.45) is 1.22. The second-order valence-corrected chi connectivity index (χ2v) is 5.80. The van der Waals surface area contributed by atoms with Gasteiger partial charge >= 0.3 is 0 Å². The molecule has 0 radical (unpaired) electrons. The second kappa shape index (κ2) is 4.92. The normalized spacial score (nSPS) is 20.4. The quantitative estimate of drug-likeness (QED) is 0.644. The van der Waals surface area contributed by atoms with Crippen molar-refractivity contribution in [3.63, 3.8) is 0 Å². The van der Waals surface area contributed by atoms with E-state index in [2.05, 4.69) is 60.7 Å². The van der Waals surface area contributed by atoms with Crippen LogP contribution in [0.25, 0.3) is 10.8 Å². The van der Waals surface area contributed by atoms with Crippen molar-refractivity contribution in [2.45, 2.75) is 18.3 Å². The van der Waals surface area contributed by atoms with Gasteiger partial charge in [-0.25, -0.2) is 0 Å². The molecule has 0 aromatic heterocycles. The Balaban J connectivity index is 1.66. The summed E-state index contributed by atoms with van der Waals surface area (Å²) in [5, 5.41) is 2.65. The molecular weight excluding hydrogens is 256 g/mol. The maximum absolute atomic E-state index is 5.50. The topological polar surface area (TPSA) is 9.23 Å². The first-order valence-corrected chi connectivity index (χ1v) is 7.48. The van der Waals surface area contributed by atoms with Crippen LogP contribution < -0.4 is 4.74 Å². The number of benzene rings is 3. The standard InChI is InChI=1S/C20H18O/c1-21-20-9-5-4-8-17(20)19-13-18(19)16-11-10-14-6-2-3-7-15(14)12-16/h2-12,18-19H,13H2,1H3/t18-,19-/m0/s1. The van der Waals surface area contributed by atoms with E-state index < -0.39 is 0 Å². The fourth-order valence-electron chi connectivity index (χ4n) is 3.32. The number of ether oxygens (including phenoxy) is 1. The van der Waals surface area contributed by atoms with Gasteiger partial charge in [-0.15, -0.1) is 0 Å². The molecule has 1 saturated carbocycles. The largest absolute Gasteiger partial charge is 0.496 e. The van der Waals surface area contributed by atoms with Crippen molar-refractivity contribution < 1.29 is 4.74 Å². The van der Waals surface area contributed by atoms with Gasteiger partial charge in [0, 0.05) is 0 Å². The lowest BCUT2D eigenvalue weighted by Crippen LogP contribution is -1.91. The molecule has 0 spiro atoms. The van der Waals surface area contributed by atoms with Crippen LogP contribution >= 0.6 is 0 Å². The number of hydrogen-bond donors (Lipinski definition) is 0. The molecule has 0 unspecified atom stereocenters. The smallest absolute Gasteiger partial charge is 0.122 e. The molecule has 2 atom stereocenters. The summed E-state index contributed by atoms with van der Waals surface area (Å²) in [6.45, 7) is 0. The van der Waals surface area contributed by atoms with Crippen LogP contribution in [0.2, 0.25) is 0 Å². The highest BCUT2D eigenvalue weighted by atomic mass is 16.5. The predicted molar refractivity (Wildman–Crippen MR) is 87.0 cm³/mol. The summed E-state index contributed by atoms with van der Waals surface area (Å²) in [7, 11) is 1.76. The highest BCUT2D eigenvalue weighted by Gasteiger charge is 2.40. The van der Waals surface area contributed by atoms with Crippen molar-refractivity contribution in [2.75, 3.05) is 7.11 Å². The first-order valence-electron chi connectivity index (χ1n) is 7.48. The lowest BCUT2D eigenvalue weighted by molar-refractivity contribution is 0.409. The first-order chi connectivity index (χ1) is 10.4. The molecule has 4 rings (SSSR count). The fraction of sp³-hybridized carbons (Fsp3) is 0.200. The van der Waals surface area contributed by atoms with Gasteiger partial charge in [-0.2, -0.15) is 0 Å². The third-order valence-corrected chi connectivity index (χ3v) is 4.53. The minimum Gasteiger partial charge on any atom is -0.496 e. The van der Waals surface area contributed by atoms with Gasteiger partial charge in [0.2, 0.25) is 0 Å². The van der Waals surface area contributed by atoms with Gasteiger partial charge in [0.1, 0.15) is 5.75 Å². The van der Waals surface area contributed by atoms with Gasteiger partial charge in [0.05, 0.1) is 7.11 Å². The zero-order valence-electron chi connectivity index (χ0n) is 12.1. The molecule has 0 amide bonds. The number of para-hydroxylation sites is 1. The van der Waals surface area contributed by atoms with E-state index in [0.717, 1.165) is 5.75 Å². The molecule has 1 nitrogen and oxygen atoms in total. The van der Waals surface area contributed by atoms with E-state index in [-0.39, 0.29) is 0 Å². The highest BCUT2D eigenvalue weighted by molar-refractivity contribution is 5.83. The Bertz CT molecular complexity index is 790. The molecule has 0 N–H and O–H groups in total. The summed E-state index contributed by atoms with van der Waals surface area (Å²) >= 11 is 0. The van der Waals surface area contributed by atoms with Gasteiger partial charge in [-0.05, 0) is 46.2 Å². The van der Waals surface area contributed by atoms with Crippen LogP contribution in [0.15, 0.2) is 66.7 Å². The molecule has 0 bridgehead atoms. The SMILES string of the molecule is COc1ccccc1[C@@H]1C[C@H]1c1ccc2ccccc2c1. The molecule has 0 saturated heterocycles. The van der Waals surface area contributed by atoms with Crippen molar-refractivity contribution in [3.05, 3.63) is 77.9 Å². The van der Waals surface area contributed by atoms with Crippen LogP contribution in [0.1, 0.15) is 29.4 Å². The van der Waals surface area contributed by atoms with E-state index in [1.807, 2.05) is 6.07 Å². The summed E-state index contributed by atoms with van der Waals surface area (Å²) in [6, 6.07) is 23.8. The third-order valence-electron chi connectivity index (χ3n) is 4.53. The summed E-state index contributed by atoms with van der Waals surface area (Å²) in [5.41, 5.74) is 2.79. The van der Waals surface area contributed by atoms with Gasteiger partial charge in [0.15, 0.2) is 0 Å². The van der Waals surface area contributed by atoms with E-state index in [9.17, 15) is 0 Å². The third kappa shape index (κ3) is 2.19. The molecule has 3 aromatic rings. The van der Waals surface area contributed by atoms with Crippen molar-refractivity contribution in [3.8, 4) is 5.75 Å². The number of rotatable bonds is 3. The van der Waals surface area contributed by atoms with Crippen LogP contribution in [0.5, 0.6) is 5.75 Å². The van der Waals surface area contributed by atoms with Crippen molar-refractivity contribution in [1.82, 2.24) is 0 Å². The number of hydrogen-bond acceptors (Lipinski definition) is 1. The van der Waals surface area contributed by atoms with Gasteiger partial charge in [-0.1, -0.05) is 60.7 Å². The minimum atomic E-state index is 0.599. The molecule has 1 aliphatic rings. The van der Waals surface area contributed by atoms with E-state index in [4.69, 9.17) is 4.74 Å². The van der Waals surface area contributed by atoms with E-state index >= 15 is 0 Å². The Morgan fingerprint density at radius 3 is 2.43 bits per heavy atom. The average Bonchev–Trinajstić information content (AvgIpc) is 3.35. The van der Waals surface area contributed by atoms with Gasteiger partial charge in [-0.3, -0.25) is 0 Å². The van der Waals surface area contributed by atoms with Crippen LogP contribution in [0, 0.1) is 0 Å². The lowest BCUT2D eigenvalue weighted by atomic mass is 10.0. The number of methoxy groups -OCH3 is 1. The van der Waals surface area contributed by atoms with Crippen molar-refractivity contribution in [1.29, 1.82) is 0 Å². The summed E-state index contributed by atoms with van der Waals surface area (Å²) < 4.78 is 5.50. The lowest BCUT2D eigenvalue weighted by Gasteiger charge is -2.08. The summed E-state index contributed by atoms with van der Waals surface area (Å²) in [5.74, 6) is 2.25.